The van der Waals surface area contributed by atoms with Crippen LogP contribution in [0.4, 0.5) is 0 Å². The van der Waals surface area contributed by atoms with E-state index in [0.717, 1.165) is 13.0 Å². The van der Waals surface area contributed by atoms with Crippen LogP contribution in [0.1, 0.15) is 61.3 Å². The Morgan fingerprint density at radius 2 is 1.75 bits per heavy atom. The van der Waals surface area contributed by atoms with Gasteiger partial charge in [-0.3, -0.25) is 0 Å². The fraction of sp³-hybridized carbons (Fsp3) is 1.00. The summed E-state index contributed by atoms with van der Waals surface area (Å²) in [6.07, 6.45) is 2.31. The molecule has 1 aliphatic heterocycles. The Hall–Kier alpha value is -0.0800. The van der Waals surface area contributed by atoms with Crippen molar-refractivity contribution in [2.45, 2.75) is 78.6 Å². The molecular formula is C14H29NO. The molecule has 1 fully saturated rings. The summed E-state index contributed by atoms with van der Waals surface area (Å²) in [5, 5.41) is 3.66. The van der Waals surface area contributed by atoms with Gasteiger partial charge in [-0.15, -0.1) is 0 Å². The Balaban J connectivity index is 2.43. The number of hydrogen-bond acceptors (Lipinski definition) is 2. The minimum absolute atomic E-state index is 0.0168. The first kappa shape index (κ1) is 14.0. The number of rotatable bonds is 3. The summed E-state index contributed by atoms with van der Waals surface area (Å²) in [6.45, 7) is 16.7. The zero-order chi connectivity index (χ0) is 12.6. The summed E-state index contributed by atoms with van der Waals surface area (Å²) in [6, 6.07) is 0.477. The van der Waals surface area contributed by atoms with Crippen LogP contribution in [0.15, 0.2) is 0 Å². The third kappa shape index (κ3) is 4.06. The lowest BCUT2D eigenvalue weighted by Gasteiger charge is -2.29. The molecule has 0 radical (unpaired) electrons. The lowest BCUT2D eigenvalue weighted by molar-refractivity contribution is -0.0698. The van der Waals surface area contributed by atoms with Gasteiger partial charge in [-0.1, -0.05) is 20.8 Å². The quantitative estimate of drug-likeness (QED) is 0.798. The molecule has 0 bridgehead atoms. The van der Waals surface area contributed by atoms with Gasteiger partial charge >= 0.3 is 0 Å². The maximum absolute atomic E-state index is 6.07. The van der Waals surface area contributed by atoms with Crippen molar-refractivity contribution >= 4 is 0 Å². The molecule has 0 aromatic heterocycles. The van der Waals surface area contributed by atoms with Crippen molar-refractivity contribution in [2.24, 2.45) is 5.41 Å². The van der Waals surface area contributed by atoms with E-state index in [2.05, 4.69) is 53.8 Å². The van der Waals surface area contributed by atoms with E-state index in [4.69, 9.17) is 4.74 Å². The van der Waals surface area contributed by atoms with E-state index in [1.807, 2.05) is 0 Å². The average molecular weight is 227 g/mol. The van der Waals surface area contributed by atoms with Crippen molar-refractivity contribution in [3.05, 3.63) is 0 Å². The van der Waals surface area contributed by atoms with Crippen LogP contribution in [-0.2, 0) is 4.74 Å². The highest BCUT2D eigenvalue weighted by Gasteiger charge is 2.45. The van der Waals surface area contributed by atoms with Gasteiger partial charge in [-0.2, -0.15) is 0 Å². The van der Waals surface area contributed by atoms with Crippen molar-refractivity contribution in [2.75, 3.05) is 6.54 Å². The van der Waals surface area contributed by atoms with Crippen LogP contribution >= 0.6 is 0 Å². The SMILES string of the molecule is CC(C)(C)CCNC1CC(C)(C)OC1(C)C. The van der Waals surface area contributed by atoms with Gasteiger partial charge in [0.2, 0.25) is 0 Å². The molecule has 2 nitrogen and oxygen atoms in total. The zero-order valence-corrected chi connectivity index (χ0v) is 12.1. The van der Waals surface area contributed by atoms with Crippen LogP contribution in [0.3, 0.4) is 0 Å². The van der Waals surface area contributed by atoms with Crippen LogP contribution in [0.5, 0.6) is 0 Å². The van der Waals surface area contributed by atoms with E-state index in [1.165, 1.54) is 6.42 Å². The van der Waals surface area contributed by atoms with E-state index in [1.54, 1.807) is 0 Å². The fourth-order valence-corrected chi connectivity index (χ4v) is 2.50. The molecule has 1 rings (SSSR count). The maximum atomic E-state index is 6.07. The van der Waals surface area contributed by atoms with E-state index < -0.39 is 0 Å². The normalized spacial score (nSPS) is 28.3. The lowest BCUT2D eigenvalue weighted by atomic mass is 9.90. The molecule has 0 aromatic carbocycles. The Bertz CT molecular complexity index is 238. The van der Waals surface area contributed by atoms with Gasteiger partial charge in [0, 0.05) is 6.04 Å². The summed E-state index contributed by atoms with van der Waals surface area (Å²) >= 11 is 0. The number of ether oxygens (including phenoxy) is 1. The summed E-state index contributed by atoms with van der Waals surface area (Å²) in [4.78, 5) is 0. The summed E-state index contributed by atoms with van der Waals surface area (Å²) in [5.74, 6) is 0. The molecule has 96 valence electrons. The molecule has 1 heterocycles. The molecule has 0 saturated carbocycles. The topological polar surface area (TPSA) is 21.3 Å². The highest BCUT2D eigenvalue weighted by molar-refractivity contribution is 4.98. The molecule has 1 atom stereocenters. The fourth-order valence-electron chi connectivity index (χ4n) is 2.50. The first-order chi connectivity index (χ1) is 7.02. The van der Waals surface area contributed by atoms with Gasteiger partial charge in [0.15, 0.2) is 0 Å². The third-order valence-electron chi connectivity index (χ3n) is 3.34. The second-order valence-corrected chi connectivity index (χ2v) is 7.49. The van der Waals surface area contributed by atoms with Crippen molar-refractivity contribution in [1.82, 2.24) is 5.32 Å². The van der Waals surface area contributed by atoms with Gasteiger partial charge in [-0.25, -0.2) is 0 Å². The Kier molecular flexibility index (Phi) is 3.76. The molecule has 1 aliphatic rings. The van der Waals surface area contributed by atoms with Crippen LogP contribution in [0.25, 0.3) is 0 Å². The summed E-state index contributed by atoms with van der Waals surface area (Å²) < 4.78 is 6.07. The summed E-state index contributed by atoms with van der Waals surface area (Å²) in [7, 11) is 0. The van der Waals surface area contributed by atoms with E-state index >= 15 is 0 Å². The van der Waals surface area contributed by atoms with Crippen LogP contribution in [0, 0.1) is 5.41 Å². The monoisotopic (exact) mass is 227 g/mol. The largest absolute Gasteiger partial charge is 0.368 e. The Morgan fingerprint density at radius 3 is 2.12 bits per heavy atom. The molecule has 0 amide bonds. The van der Waals surface area contributed by atoms with E-state index in [-0.39, 0.29) is 11.2 Å². The predicted molar refractivity (Wildman–Crippen MR) is 69.7 cm³/mol. The second kappa shape index (κ2) is 4.30. The lowest BCUT2D eigenvalue weighted by Crippen LogP contribution is -2.44. The third-order valence-corrected chi connectivity index (χ3v) is 3.34. The standard InChI is InChI=1S/C14H29NO/c1-12(2,3)8-9-15-11-10-13(4,5)16-14(11,6)7/h11,15H,8-10H2,1-7H3. The van der Waals surface area contributed by atoms with Crippen molar-refractivity contribution in [3.63, 3.8) is 0 Å². The molecular weight excluding hydrogens is 198 g/mol. The van der Waals surface area contributed by atoms with Crippen molar-refractivity contribution < 1.29 is 4.74 Å². The molecule has 1 unspecified atom stereocenters. The first-order valence-corrected chi connectivity index (χ1v) is 6.45. The van der Waals surface area contributed by atoms with Crippen molar-refractivity contribution in [3.8, 4) is 0 Å². The molecule has 0 aromatic rings. The molecule has 0 aliphatic carbocycles. The smallest absolute Gasteiger partial charge is 0.0787 e. The molecule has 16 heavy (non-hydrogen) atoms. The highest BCUT2D eigenvalue weighted by Crippen LogP contribution is 2.37. The minimum Gasteiger partial charge on any atom is -0.368 e. The Morgan fingerprint density at radius 1 is 1.19 bits per heavy atom. The van der Waals surface area contributed by atoms with Crippen LogP contribution in [-0.4, -0.2) is 23.8 Å². The second-order valence-electron chi connectivity index (χ2n) is 7.49. The maximum Gasteiger partial charge on any atom is 0.0787 e. The number of nitrogens with one attached hydrogen (secondary N) is 1. The first-order valence-electron chi connectivity index (χ1n) is 6.45. The highest BCUT2D eigenvalue weighted by atomic mass is 16.5. The molecule has 1 N–H and O–H groups in total. The number of hydrogen-bond donors (Lipinski definition) is 1. The van der Waals surface area contributed by atoms with Crippen LogP contribution < -0.4 is 5.32 Å². The van der Waals surface area contributed by atoms with Crippen molar-refractivity contribution in [1.29, 1.82) is 0 Å². The van der Waals surface area contributed by atoms with Gasteiger partial charge in [0.1, 0.15) is 0 Å². The van der Waals surface area contributed by atoms with Crippen LogP contribution in [0.2, 0.25) is 0 Å². The predicted octanol–water partition coefficient (Wildman–Crippen LogP) is 3.36. The molecule has 2 heteroatoms. The minimum atomic E-state index is -0.0403. The zero-order valence-electron chi connectivity index (χ0n) is 12.1. The average Bonchev–Trinajstić information content (AvgIpc) is 2.16. The Labute approximate surface area is 101 Å². The van der Waals surface area contributed by atoms with Gasteiger partial charge < -0.3 is 10.1 Å². The van der Waals surface area contributed by atoms with E-state index in [9.17, 15) is 0 Å². The molecule has 0 spiro atoms. The van der Waals surface area contributed by atoms with E-state index in [0.29, 0.717) is 11.5 Å². The van der Waals surface area contributed by atoms with Gasteiger partial charge in [0.05, 0.1) is 11.2 Å². The van der Waals surface area contributed by atoms with Gasteiger partial charge in [0.25, 0.3) is 0 Å². The summed E-state index contributed by atoms with van der Waals surface area (Å²) in [5.41, 5.74) is 0.385. The molecule has 1 saturated heterocycles. The van der Waals surface area contributed by atoms with Gasteiger partial charge in [-0.05, 0) is 52.5 Å².